The molecule has 2 aromatic carbocycles. The molecule has 4 nitrogen and oxygen atoms in total. The summed E-state index contributed by atoms with van der Waals surface area (Å²) < 4.78 is 1.87. The Morgan fingerprint density at radius 3 is 2.35 bits per heavy atom. The Labute approximate surface area is 134 Å². The van der Waals surface area contributed by atoms with Gasteiger partial charge >= 0.3 is 0 Å². The van der Waals surface area contributed by atoms with E-state index in [0.29, 0.717) is 12.1 Å². The average molecular weight is 306 g/mol. The molecule has 0 spiro atoms. The molecular weight excluding hydrogens is 288 g/mol. The van der Waals surface area contributed by atoms with Gasteiger partial charge in [0.15, 0.2) is 0 Å². The lowest BCUT2D eigenvalue weighted by Gasteiger charge is -2.19. The highest BCUT2D eigenvalue weighted by molar-refractivity contribution is 6.48. The van der Waals surface area contributed by atoms with Crippen molar-refractivity contribution in [1.82, 2.24) is 4.57 Å². The van der Waals surface area contributed by atoms with Crippen molar-refractivity contribution in [2.45, 2.75) is 6.92 Å². The van der Waals surface area contributed by atoms with Crippen molar-refractivity contribution in [2.24, 2.45) is 7.05 Å². The quantitative estimate of drug-likeness (QED) is 0.547. The molecule has 0 aliphatic rings. The summed E-state index contributed by atoms with van der Waals surface area (Å²) >= 11 is 0. The van der Waals surface area contributed by atoms with Gasteiger partial charge < -0.3 is 9.47 Å². The van der Waals surface area contributed by atoms with E-state index in [1.807, 2.05) is 73.1 Å². The third-order valence-corrected chi connectivity index (χ3v) is 3.97. The number of ketones is 1. The van der Waals surface area contributed by atoms with E-state index in [2.05, 4.69) is 0 Å². The van der Waals surface area contributed by atoms with Gasteiger partial charge in [-0.25, -0.2) is 0 Å². The third kappa shape index (κ3) is 2.63. The topological polar surface area (TPSA) is 42.3 Å². The minimum absolute atomic E-state index is 0.444. The number of amides is 1. The predicted octanol–water partition coefficient (Wildman–Crippen LogP) is 3.41. The fourth-order valence-corrected chi connectivity index (χ4v) is 2.81. The number of benzene rings is 2. The molecule has 4 heteroatoms. The maximum atomic E-state index is 12.7. The number of carbonyl (C=O) groups is 2. The summed E-state index contributed by atoms with van der Waals surface area (Å²) in [5.41, 5.74) is 2.11. The molecule has 0 unspecified atom stereocenters. The zero-order chi connectivity index (χ0) is 16.4. The van der Waals surface area contributed by atoms with Gasteiger partial charge in [-0.15, -0.1) is 0 Å². The van der Waals surface area contributed by atoms with E-state index < -0.39 is 11.7 Å². The van der Waals surface area contributed by atoms with Crippen molar-refractivity contribution < 1.29 is 9.59 Å². The second-order valence-electron chi connectivity index (χ2n) is 5.38. The van der Waals surface area contributed by atoms with Crippen LogP contribution >= 0.6 is 0 Å². The first kappa shape index (κ1) is 15.0. The van der Waals surface area contributed by atoms with Crippen LogP contribution in [0.3, 0.4) is 0 Å². The minimum Gasteiger partial charge on any atom is -0.350 e. The molecule has 0 fully saturated rings. The lowest BCUT2D eigenvalue weighted by Crippen LogP contribution is -2.36. The molecule has 3 aromatic rings. The van der Waals surface area contributed by atoms with Crippen LogP contribution in [0.5, 0.6) is 0 Å². The average Bonchev–Trinajstić information content (AvgIpc) is 2.93. The molecule has 0 atom stereocenters. The first-order valence-corrected chi connectivity index (χ1v) is 7.58. The standard InChI is InChI=1S/C19H18N2O2/c1-3-21(14-9-5-4-6-10-14)19(23)18(22)16-13-20(2)17-12-8-7-11-15(16)17/h4-13H,3H2,1-2H3. The summed E-state index contributed by atoms with van der Waals surface area (Å²) in [5.74, 6) is -0.984. The molecule has 0 saturated carbocycles. The summed E-state index contributed by atoms with van der Waals surface area (Å²) in [6.07, 6.45) is 1.73. The van der Waals surface area contributed by atoms with E-state index in [-0.39, 0.29) is 0 Å². The van der Waals surface area contributed by atoms with Crippen LogP contribution in [0.4, 0.5) is 5.69 Å². The van der Waals surface area contributed by atoms with E-state index in [4.69, 9.17) is 0 Å². The monoisotopic (exact) mass is 306 g/mol. The molecule has 1 aromatic heterocycles. The Balaban J connectivity index is 2.00. The van der Waals surface area contributed by atoms with Gasteiger partial charge in [-0.2, -0.15) is 0 Å². The maximum Gasteiger partial charge on any atom is 0.299 e. The van der Waals surface area contributed by atoms with E-state index in [1.165, 1.54) is 4.90 Å². The highest BCUT2D eigenvalue weighted by atomic mass is 16.2. The molecule has 116 valence electrons. The Hall–Kier alpha value is -2.88. The highest BCUT2D eigenvalue weighted by Gasteiger charge is 2.26. The predicted molar refractivity (Wildman–Crippen MR) is 91.7 cm³/mol. The fraction of sp³-hybridized carbons (Fsp3) is 0.158. The van der Waals surface area contributed by atoms with Crippen LogP contribution < -0.4 is 4.90 Å². The van der Waals surface area contributed by atoms with Crippen LogP contribution in [0.15, 0.2) is 60.8 Å². The largest absolute Gasteiger partial charge is 0.350 e. The van der Waals surface area contributed by atoms with Gasteiger partial charge in [-0.3, -0.25) is 9.59 Å². The van der Waals surface area contributed by atoms with Crippen molar-refractivity contribution in [3.63, 3.8) is 0 Å². The van der Waals surface area contributed by atoms with Gasteiger partial charge in [0.2, 0.25) is 0 Å². The normalized spacial score (nSPS) is 10.7. The molecule has 0 bridgehead atoms. The number of hydrogen-bond acceptors (Lipinski definition) is 2. The van der Waals surface area contributed by atoms with Crippen molar-refractivity contribution in [3.8, 4) is 0 Å². The zero-order valence-corrected chi connectivity index (χ0v) is 13.2. The first-order chi connectivity index (χ1) is 11.1. The van der Waals surface area contributed by atoms with E-state index >= 15 is 0 Å². The Morgan fingerprint density at radius 1 is 1.00 bits per heavy atom. The van der Waals surface area contributed by atoms with Crippen LogP contribution in [0.1, 0.15) is 17.3 Å². The molecule has 0 aliphatic carbocycles. The number of fused-ring (bicyclic) bond motifs is 1. The van der Waals surface area contributed by atoms with Crippen LogP contribution in [0.25, 0.3) is 10.9 Å². The number of rotatable bonds is 4. The van der Waals surface area contributed by atoms with Crippen LogP contribution in [0, 0.1) is 0 Å². The molecule has 3 rings (SSSR count). The number of anilines is 1. The summed E-state index contributed by atoms with van der Waals surface area (Å²) in [5, 5.41) is 0.803. The summed E-state index contributed by atoms with van der Waals surface area (Å²) in [7, 11) is 1.87. The SMILES string of the molecule is CCN(C(=O)C(=O)c1cn(C)c2ccccc12)c1ccccc1. The molecule has 0 N–H and O–H groups in total. The van der Waals surface area contributed by atoms with Crippen molar-refractivity contribution in [3.05, 3.63) is 66.4 Å². The number of Topliss-reactive ketones (excluding diaryl/α,β-unsaturated/α-hetero) is 1. The molecule has 0 saturated heterocycles. The number of aryl methyl sites for hydroxylation is 1. The van der Waals surface area contributed by atoms with Gasteiger partial charge in [0.25, 0.3) is 11.7 Å². The van der Waals surface area contributed by atoms with Crippen molar-refractivity contribution >= 4 is 28.3 Å². The Kier molecular flexibility index (Phi) is 3.98. The van der Waals surface area contributed by atoms with Crippen LogP contribution in [-0.4, -0.2) is 22.8 Å². The van der Waals surface area contributed by atoms with Gasteiger partial charge in [0.05, 0.1) is 5.56 Å². The summed E-state index contributed by atoms with van der Waals surface area (Å²) in [6.45, 7) is 2.31. The first-order valence-electron chi connectivity index (χ1n) is 7.58. The number of hydrogen-bond donors (Lipinski definition) is 0. The molecule has 0 radical (unpaired) electrons. The van der Waals surface area contributed by atoms with Crippen molar-refractivity contribution in [1.29, 1.82) is 0 Å². The van der Waals surface area contributed by atoms with E-state index in [1.54, 1.807) is 6.20 Å². The molecule has 1 heterocycles. The highest BCUT2D eigenvalue weighted by Crippen LogP contribution is 2.22. The maximum absolute atomic E-state index is 12.7. The van der Waals surface area contributed by atoms with Crippen LogP contribution in [-0.2, 0) is 11.8 Å². The Morgan fingerprint density at radius 2 is 1.65 bits per heavy atom. The van der Waals surface area contributed by atoms with Crippen molar-refractivity contribution in [2.75, 3.05) is 11.4 Å². The molecule has 0 aliphatic heterocycles. The number of nitrogens with zero attached hydrogens (tertiary/aromatic N) is 2. The summed E-state index contributed by atoms with van der Waals surface area (Å²) in [6, 6.07) is 16.9. The summed E-state index contributed by atoms with van der Waals surface area (Å²) in [4.78, 5) is 26.9. The number of para-hydroxylation sites is 2. The van der Waals surface area contributed by atoms with Gasteiger partial charge in [-0.05, 0) is 25.1 Å². The van der Waals surface area contributed by atoms with E-state index in [9.17, 15) is 9.59 Å². The van der Waals surface area contributed by atoms with Gasteiger partial charge in [0, 0.05) is 36.4 Å². The molecule has 1 amide bonds. The minimum atomic E-state index is -0.505. The zero-order valence-electron chi connectivity index (χ0n) is 13.2. The number of likely N-dealkylation sites (N-methyl/N-ethyl adjacent to an activating group) is 1. The van der Waals surface area contributed by atoms with E-state index in [0.717, 1.165) is 16.6 Å². The lowest BCUT2D eigenvalue weighted by atomic mass is 10.1. The second-order valence-corrected chi connectivity index (χ2v) is 5.38. The third-order valence-electron chi connectivity index (χ3n) is 3.97. The number of carbonyl (C=O) groups excluding carboxylic acids is 2. The van der Waals surface area contributed by atoms with Gasteiger partial charge in [-0.1, -0.05) is 36.4 Å². The Bertz CT molecular complexity index is 865. The molecular formula is C19H18N2O2. The van der Waals surface area contributed by atoms with Crippen LogP contribution in [0.2, 0.25) is 0 Å². The molecule has 23 heavy (non-hydrogen) atoms. The fourth-order valence-electron chi connectivity index (χ4n) is 2.81. The number of aromatic nitrogens is 1. The smallest absolute Gasteiger partial charge is 0.299 e. The second kappa shape index (κ2) is 6.08. The van der Waals surface area contributed by atoms with Gasteiger partial charge in [0.1, 0.15) is 0 Å². The lowest BCUT2D eigenvalue weighted by molar-refractivity contribution is -0.114.